The molecule has 0 fully saturated rings. The minimum atomic E-state index is 0.623. The fraction of sp³-hybridized carbons (Fsp3) is 0. The Kier molecular flexibility index (Phi) is 3.21. The first-order valence-corrected chi connectivity index (χ1v) is 6.23. The second kappa shape index (κ2) is 5.16. The molecule has 19 heavy (non-hydrogen) atoms. The van der Waals surface area contributed by atoms with Crippen molar-refractivity contribution in [2.45, 2.75) is 0 Å². The second-order valence-corrected chi connectivity index (χ2v) is 4.41. The predicted octanol–water partition coefficient (Wildman–Crippen LogP) is 4.52. The van der Waals surface area contributed by atoms with Crippen LogP contribution in [0.4, 0.5) is 0 Å². The molecule has 0 aliphatic heterocycles. The van der Waals surface area contributed by atoms with E-state index in [0.717, 1.165) is 17.0 Å². The van der Waals surface area contributed by atoms with Gasteiger partial charge in [-0.15, -0.1) is 0 Å². The lowest BCUT2D eigenvalue weighted by Gasteiger charge is -2.11. The summed E-state index contributed by atoms with van der Waals surface area (Å²) in [6.45, 7) is 0. The number of halogens is 1. The molecule has 3 aromatic rings. The summed E-state index contributed by atoms with van der Waals surface area (Å²) in [5.74, 6) is 1.47. The molecule has 1 aromatic heterocycles. The van der Waals surface area contributed by atoms with E-state index >= 15 is 0 Å². The summed E-state index contributed by atoms with van der Waals surface area (Å²) in [5, 5.41) is 7.48. The molecular formula is C15H11ClN2O. The van der Waals surface area contributed by atoms with E-state index in [2.05, 4.69) is 10.2 Å². The van der Waals surface area contributed by atoms with E-state index in [0.29, 0.717) is 10.8 Å². The molecule has 94 valence electrons. The van der Waals surface area contributed by atoms with Crippen LogP contribution in [0.1, 0.15) is 0 Å². The first-order valence-electron chi connectivity index (χ1n) is 5.86. The van der Waals surface area contributed by atoms with Gasteiger partial charge in [-0.3, -0.25) is 5.10 Å². The summed E-state index contributed by atoms with van der Waals surface area (Å²) in [5.41, 5.74) is 1.64. The number of nitrogens with zero attached hydrogens (tertiary/aromatic N) is 1. The Morgan fingerprint density at radius 1 is 0.947 bits per heavy atom. The Morgan fingerprint density at radius 3 is 2.53 bits per heavy atom. The number of para-hydroxylation sites is 1. The van der Waals surface area contributed by atoms with Crippen molar-refractivity contribution in [2.24, 2.45) is 0 Å². The molecule has 0 bridgehead atoms. The molecule has 0 saturated carbocycles. The third-order valence-electron chi connectivity index (χ3n) is 2.72. The zero-order valence-electron chi connectivity index (χ0n) is 10.0. The van der Waals surface area contributed by atoms with Crippen molar-refractivity contribution < 1.29 is 4.74 Å². The lowest BCUT2D eigenvalue weighted by molar-refractivity contribution is 0.484. The summed E-state index contributed by atoms with van der Waals surface area (Å²) in [6.07, 6.45) is 1.69. The molecule has 0 radical (unpaired) electrons. The molecule has 1 N–H and O–H groups in total. The van der Waals surface area contributed by atoms with E-state index in [4.69, 9.17) is 16.3 Å². The molecule has 0 spiro atoms. The maximum atomic E-state index is 6.26. The molecule has 0 amide bonds. The van der Waals surface area contributed by atoms with Crippen molar-refractivity contribution in [3.8, 4) is 22.8 Å². The van der Waals surface area contributed by atoms with Crippen LogP contribution in [0.2, 0.25) is 5.02 Å². The maximum Gasteiger partial charge on any atom is 0.138 e. The molecule has 4 heteroatoms. The summed E-state index contributed by atoms with van der Waals surface area (Å²) in [6, 6.07) is 17.0. The zero-order chi connectivity index (χ0) is 13.1. The smallest absolute Gasteiger partial charge is 0.138 e. The lowest BCUT2D eigenvalue weighted by Crippen LogP contribution is -1.89. The van der Waals surface area contributed by atoms with Gasteiger partial charge in [0.1, 0.15) is 11.5 Å². The SMILES string of the molecule is Clc1cccc(Oc2ccccc2)c1-c1ccn[nH]1. The van der Waals surface area contributed by atoms with E-state index in [-0.39, 0.29) is 0 Å². The maximum absolute atomic E-state index is 6.26. The standard InChI is InChI=1S/C15H11ClN2O/c16-12-7-4-8-14(15(12)13-9-10-17-18-13)19-11-5-2-1-3-6-11/h1-10H,(H,17,18). The number of rotatable bonds is 3. The number of ether oxygens (including phenoxy) is 1. The van der Waals surface area contributed by atoms with Crippen LogP contribution < -0.4 is 4.74 Å². The van der Waals surface area contributed by atoms with Crippen LogP contribution in [0.15, 0.2) is 60.8 Å². The van der Waals surface area contributed by atoms with Gasteiger partial charge in [0.25, 0.3) is 0 Å². The minimum absolute atomic E-state index is 0.623. The van der Waals surface area contributed by atoms with Crippen molar-refractivity contribution in [3.63, 3.8) is 0 Å². The van der Waals surface area contributed by atoms with Gasteiger partial charge in [0.05, 0.1) is 16.3 Å². The van der Waals surface area contributed by atoms with Crippen LogP contribution in [-0.2, 0) is 0 Å². The van der Waals surface area contributed by atoms with Gasteiger partial charge in [0.15, 0.2) is 0 Å². The third-order valence-corrected chi connectivity index (χ3v) is 3.03. The predicted molar refractivity (Wildman–Crippen MR) is 75.5 cm³/mol. The number of nitrogens with one attached hydrogen (secondary N) is 1. The first-order chi connectivity index (χ1) is 9.34. The van der Waals surface area contributed by atoms with Crippen LogP contribution in [0, 0.1) is 0 Å². The number of aromatic amines is 1. The van der Waals surface area contributed by atoms with Gasteiger partial charge in [-0.25, -0.2) is 0 Å². The van der Waals surface area contributed by atoms with Crippen molar-refractivity contribution in [3.05, 3.63) is 65.8 Å². The fourth-order valence-electron chi connectivity index (χ4n) is 1.86. The number of hydrogen-bond acceptors (Lipinski definition) is 2. The molecule has 2 aromatic carbocycles. The van der Waals surface area contributed by atoms with Crippen molar-refractivity contribution in [2.75, 3.05) is 0 Å². The molecule has 3 rings (SSSR count). The monoisotopic (exact) mass is 270 g/mol. The third kappa shape index (κ3) is 2.46. The summed E-state index contributed by atoms with van der Waals surface area (Å²) < 4.78 is 5.88. The summed E-state index contributed by atoms with van der Waals surface area (Å²) in [7, 11) is 0. The highest BCUT2D eigenvalue weighted by Gasteiger charge is 2.12. The second-order valence-electron chi connectivity index (χ2n) is 4.00. The zero-order valence-corrected chi connectivity index (χ0v) is 10.8. The quantitative estimate of drug-likeness (QED) is 0.760. The molecule has 1 heterocycles. The molecule has 0 aliphatic rings. The van der Waals surface area contributed by atoms with E-state index in [1.807, 2.05) is 54.6 Å². The fourth-order valence-corrected chi connectivity index (χ4v) is 2.13. The summed E-state index contributed by atoms with van der Waals surface area (Å²) >= 11 is 6.26. The van der Waals surface area contributed by atoms with E-state index in [9.17, 15) is 0 Å². The van der Waals surface area contributed by atoms with Crippen molar-refractivity contribution in [1.29, 1.82) is 0 Å². The van der Waals surface area contributed by atoms with Crippen LogP contribution in [0.25, 0.3) is 11.3 Å². The number of H-pyrrole nitrogens is 1. The minimum Gasteiger partial charge on any atom is -0.457 e. The largest absolute Gasteiger partial charge is 0.457 e. The Bertz CT molecular complexity index is 666. The first kappa shape index (κ1) is 11.8. The molecule has 3 nitrogen and oxygen atoms in total. The highest BCUT2D eigenvalue weighted by molar-refractivity contribution is 6.33. The molecule has 0 atom stereocenters. The average Bonchev–Trinajstić information content (AvgIpc) is 2.94. The highest BCUT2D eigenvalue weighted by atomic mass is 35.5. The summed E-state index contributed by atoms with van der Waals surface area (Å²) in [4.78, 5) is 0. The van der Waals surface area contributed by atoms with E-state index in [1.54, 1.807) is 6.20 Å². The Labute approximate surface area is 115 Å². The molecule has 0 saturated heterocycles. The van der Waals surface area contributed by atoms with Crippen LogP contribution in [-0.4, -0.2) is 10.2 Å². The van der Waals surface area contributed by atoms with Gasteiger partial charge in [-0.2, -0.15) is 5.10 Å². The average molecular weight is 271 g/mol. The van der Waals surface area contributed by atoms with Gasteiger partial charge >= 0.3 is 0 Å². The number of aromatic nitrogens is 2. The normalized spacial score (nSPS) is 10.4. The Morgan fingerprint density at radius 2 is 1.79 bits per heavy atom. The van der Waals surface area contributed by atoms with Gasteiger partial charge in [0.2, 0.25) is 0 Å². The lowest BCUT2D eigenvalue weighted by atomic mass is 10.1. The molecular weight excluding hydrogens is 260 g/mol. The van der Waals surface area contributed by atoms with Crippen LogP contribution in [0.3, 0.4) is 0 Å². The topological polar surface area (TPSA) is 37.9 Å². The molecule has 0 unspecified atom stereocenters. The van der Waals surface area contributed by atoms with Gasteiger partial charge in [0, 0.05) is 6.20 Å². The highest BCUT2D eigenvalue weighted by Crippen LogP contribution is 2.37. The van der Waals surface area contributed by atoms with E-state index < -0.39 is 0 Å². The van der Waals surface area contributed by atoms with Crippen LogP contribution >= 0.6 is 11.6 Å². The van der Waals surface area contributed by atoms with Crippen molar-refractivity contribution in [1.82, 2.24) is 10.2 Å². The van der Waals surface area contributed by atoms with Gasteiger partial charge in [-0.05, 0) is 30.3 Å². The van der Waals surface area contributed by atoms with Gasteiger partial charge in [-0.1, -0.05) is 35.9 Å². The Hall–Kier alpha value is -2.26. The Balaban J connectivity index is 2.05. The van der Waals surface area contributed by atoms with Crippen LogP contribution in [0.5, 0.6) is 11.5 Å². The number of benzene rings is 2. The van der Waals surface area contributed by atoms with E-state index in [1.165, 1.54) is 0 Å². The molecule has 0 aliphatic carbocycles. The van der Waals surface area contributed by atoms with Gasteiger partial charge < -0.3 is 4.74 Å². The number of hydrogen-bond donors (Lipinski definition) is 1. The van der Waals surface area contributed by atoms with Crippen molar-refractivity contribution >= 4 is 11.6 Å².